The van der Waals surface area contributed by atoms with Gasteiger partial charge in [-0.3, -0.25) is 19.5 Å². The van der Waals surface area contributed by atoms with Crippen LogP contribution >= 0.6 is 35.0 Å². The largest absolute Gasteiger partial charge is 0.342 e. The van der Waals surface area contributed by atoms with E-state index < -0.39 is 16.9 Å². The third-order valence-electron chi connectivity index (χ3n) is 6.34. The highest BCUT2D eigenvalue weighted by atomic mass is 35.5. The fourth-order valence-electron chi connectivity index (χ4n) is 4.23. The van der Waals surface area contributed by atoms with Crippen LogP contribution in [-0.4, -0.2) is 25.6 Å². The lowest BCUT2D eigenvalue weighted by molar-refractivity contribution is -0.384. The molecule has 1 heterocycles. The summed E-state index contributed by atoms with van der Waals surface area (Å²) in [6, 6.07) is 25.7. The number of nitrogens with zero attached hydrogens (tertiary/aromatic N) is 4. The number of carbonyl (C=O) groups excluding carboxylic acids is 1. The zero-order chi connectivity index (χ0) is 29.6. The second-order valence-corrected chi connectivity index (χ2v) is 11.0. The van der Waals surface area contributed by atoms with Crippen molar-refractivity contribution in [3.8, 4) is 5.69 Å². The molecule has 4 aromatic carbocycles. The molecular formula is C30H22Cl2FN5O3S. The lowest BCUT2D eigenvalue weighted by Crippen LogP contribution is -2.32. The zero-order valence-electron chi connectivity index (χ0n) is 21.8. The fraction of sp³-hybridized carbons (Fsp3) is 0.100. The molecule has 1 amide bonds. The standard InChI is InChI=1S/C30H22Cl2FN5O3S/c31-25-15-8-21(17-26(25)32)29(39)34-27(16-19-4-2-1-3-5-19)28-35-36-30(42-18-20-6-9-22(33)10-7-20)37(28)23-11-13-24(14-12-23)38(40)41/h1-15,17,27H,16,18H2,(H,34,39). The number of non-ortho nitro benzene ring substituents is 1. The van der Waals surface area contributed by atoms with Crippen molar-refractivity contribution in [1.29, 1.82) is 0 Å². The first-order valence-corrected chi connectivity index (χ1v) is 14.4. The van der Waals surface area contributed by atoms with Gasteiger partial charge in [-0.25, -0.2) is 4.39 Å². The number of hydrogen-bond donors (Lipinski definition) is 1. The minimum absolute atomic E-state index is 0.0670. The minimum atomic E-state index is -0.655. The van der Waals surface area contributed by atoms with Gasteiger partial charge in [-0.05, 0) is 60.0 Å². The van der Waals surface area contributed by atoms with E-state index in [0.717, 1.165) is 11.1 Å². The average Bonchev–Trinajstić information content (AvgIpc) is 3.42. The Morgan fingerprint density at radius 1 is 0.929 bits per heavy atom. The van der Waals surface area contributed by atoms with Gasteiger partial charge in [-0.15, -0.1) is 10.2 Å². The summed E-state index contributed by atoms with van der Waals surface area (Å²) in [6.07, 6.45) is 0.377. The second kappa shape index (κ2) is 13.2. The van der Waals surface area contributed by atoms with Gasteiger partial charge in [0.25, 0.3) is 11.6 Å². The van der Waals surface area contributed by atoms with E-state index in [1.807, 2.05) is 30.3 Å². The van der Waals surface area contributed by atoms with Crippen molar-refractivity contribution >= 4 is 46.6 Å². The summed E-state index contributed by atoms with van der Waals surface area (Å²) >= 11 is 13.6. The number of amides is 1. The number of carbonyl (C=O) groups is 1. The molecular weight excluding hydrogens is 600 g/mol. The van der Waals surface area contributed by atoms with Crippen molar-refractivity contribution in [1.82, 2.24) is 20.1 Å². The number of rotatable bonds is 10. The van der Waals surface area contributed by atoms with Gasteiger partial charge < -0.3 is 5.32 Å². The van der Waals surface area contributed by atoms with Gasteiger partial charge in [0.2, 0.25) is 0 Å². The molecule has 42 heavy (non-hydrogen) atoms. The van der Waals surface area contributed by atoms with Gasteiger partial charge in [0.05, 0.1) is 21.0 Å². The maximum Gasteiger partial charge on any atom is 0.269 e. The van der Waals surface area contributed by atoms with Crippen LogP contribution < -0.4 is 5.32 Å². The second-order valence-electron chi connectivity index (χ2n) is 9.21. The summed E-state index contributed by atoms with van der Waals surface area (Å²) in [6.45, 7) is 0. The van der Waals surface area contributed by atoms with Crippen LogP contribution in [0.25, 0.3) is 5.69 Å². The maximum absolute atomic E-state index is 13.4. The Labute approximate surface area is 254 Å². The van der Waals surface area contributed by atoms with Crippen molar-refractivity contribution in [3.05, 3.63) is 146 Å². The molecule has 0 fully saturated rings. The number of halogens is 3. The molecule has 8 nitrogen and oxygen atoms in total. The van der Waals surface area contributed by atoms with Crippen molar-refractivity contribution in [3.63, 3.8) is 0 Å². The Morgan fingerprint density at radius 3 is 2.31 bits per heavy atom. The molecule has 0 bridgehead atoms. The van der Waals surface area contributed by atoms with Gasteiger partial charge in [0.15, 0.2) is 11.0 Å². The molecule has 5 aromatic rings. The van der Waals surface area contributed by atoms with Crippen molar-refractivity contribution in [2.45, 2.75) is 23.4 Å². The van der Waals surface area contributed by atoms with Gasteiger partial charge in [-0.1, -0.05) is 77.4 Å². The summed E-state index contributed by atoms with van der Waals surface area (Å²) in [5, 5.41) is 24.3. The summed E-state index contributed by atoms with van der Waals surface area (Å²) in [4.78, 5) is 24.2. The predicted octanol–water partition coefficient (Wildman–Crippen LogP) is 7.63. The molecule has 5 rings (SSSR count). The number of nitro benzene ring substituents is 1. The quantitative estimate of drug-likeness (QED) is 0.0977. The summed E-state index contributed by atoms with van der Waals surface area (Å²) < 4.78 is 15.2. The SMILES string of the molecule is O=C(NC(Cc1ccccc1)c1nnc(SCc2ccc(F)cc2)n1-c1ccc([N+](=O)[O-])cc1)c1ccc(Cl)c(Cl)c1. The normalized spacial score (nSPS) is 11.7. The molecule has 0 saturated heterocycles. The number of thioether (sulfide) groups is 1. The highest BCUT2D eigenvalue weighted by Gasteiger charge is 2.26. The number of aromatic nitrogens is 3. The molecule has 1 atom stereocenters. The van der Waals surface area contributed by atoms with Crippen LogP contribution in [0.2, 0.25) is 10.0 Å². The lowest BCUT2D eigenvalue weighted by Gasteiger charge is -2.20. The van der Waals surface area contributed by atoms with E-state index >= 15 is 0 Å². The smallest absolute Gasteiger partial charge is 0.269 e. The van der Waals surface area contributed by atoms with Crippen LogP contribution in [-0.2, 0) is 12.2 Å². The number of nitro groups is 1. The van der Waals surface area contributed by atoms with Crippen LogP contribution in [0, 0.1) is 15.9 Å². The van der Waals surface area contributed by atoms with Gasteiger partial charge >= 0.3 is 0 Å². The molecule has 1 aromatic heterocycles. The van der Waals surface area contributed by atoms with Gasteiger partial charge in [0, 0.05) is 29.1 Å². The number of benzene rings is 4. The first-order valence-electron chi connectivity index (χ1n) is 12.7. The fourth-order valence-corrected chi connectivity index (χ4v) is 5.44. The van der Waals surface area contributed by atoms with E-state index in [2.05, 4.69) is 15.5 Å². The first kappa shape index (κ1) is 29.2. The third kappa shape index (κ3) is 6.96. The predicted molar refractivity (Wildman–Crippen MR) is 161 cm³/mol. The molecule has 0 radical (unpaired) electrons. The Morgan fingerprint density at radius 2 is 1.64 bits per heavy atom. The van der Waals surface area contributed by atoms with Crippen LogP contribution in [0.3, 0.4) is 0 Å². The van der Waals surface area contributed by atoms with E-state index in [4.69, 9.17) is 23.2 Å². The molecule has 212 valence electrons. The summed E-state index contributed by atoms with van der Waals surface area (Å²) in [5.74, 6) is 0.155. The van der Waals surface area contributed by atoms with Gasteiger partial charge in [-0.2, -0.15) is 0 Å². The molecule has 0 aliphatic heterocycles. The maximum atomic E-state index is 13.4. The molecule has 12 heteroatoms. The topological polar surface area (TPSA) is 103 Å². The van der Waals surface area contributed by atoms with Crippen molar-refractivity contribution in [2.75, 3.05) is 0 Å². The molecule has 1 unspecified atom stereocenters. The number of nitrogens with one attached hydrogen (secondary N) is 1. The Bertz CT molecular complexity index is 1720. The highest BCUT2D eigenvalue weighted by molar-refractivity contribution is 7.98. The summed E-state index contributed by atoms with van der Waals surface area (Å²) in [7, 11) is 0. The molecule has 0 spiro atoms. The van der Waals surface area contributed by atoms with Crippen LogP contribution in [0.4, 0.5) is 10.1 Å². The van der Waals surface area contributed by atoms with E-state index in [9.17, 15) is 19.3 Å². The zero-order valence-corrected chi connectivity index (χ0v) is 24.1. The van der Waals surface area contributed by atoms with E-state index in [0.29, 0.717) is 39.4 Å². The van der Waals surface area contributed by atoms with E-state index in [1.54, 1.807) is 41.0 Å². The Kier molecular flexibility index (Phi) is 9.16. The third-order valence-corrected chi connectivity index (χ3v) is 8.08. The molecule has 1 N–H and O–H groups in total. The van der Waals surface area contributed by atoms with Crippen LogP contribution in [0.5, 0.6) is 0 Å². The number of hydrogen-bond acceptors (Lipinski definition) is 6. The van der Waals surface area contributed by atoms with Crippen LogP contribution in [0.1, 0.15) is 33.4 Å². The monoisotopic (exact) mass is 621 g/mol. The average molecular weight is 623 g/mol. The summed E-state index contributed by atoms with van der Waals surface area (Å²) in [5.41, 5.74) is 2.63. The Hall–Kier alpha value is -4.25. The Balaban J connectivity index is 1.55. The molecule has 0 aliphatic carbocycles. The van der Waals surface area contributed by atoms with Crippen molar-refractivity contribution in [2.24, 2.45) is 0 Å². The van der Waals surface area contributed by atoms with Crippen molar-refractivity contribution < 1.29 is 14.1 Å². The van der Waals surface area contributed by atoms with Crippen LogP contribution in [0.15, 0.2) is 102 Å². The minimum Gasteiger partial charge on any atom is -0.342 e. The van der Waals surface area contributed by atoms with E-state index in [-0.39, 0.29) is 16.5 Å². The highest BCUT2D eigenvalue weighted by Crippen LogP contribution is 2.30. The molecule has 0 saturated carbocycles. The lowest BCUT2D eigenvalue weighted by atomic mass is 10.0. The first-order chi connectivity index (χ1) is 20.3. The van der Waals surface area contributed by atoms with E-state index in [1.165, 1.54) is 42.1 Å². The van der Waals surface area contributed by atoms with Gasteiger partial charge in [0.1, 0.15) is 5.82 Å². The molecule has 0 aliphatic rings.